The van der Waals surface area contributed by atoms with Gasteiger partial charge < -0.3 is 0 Å². The molecule has 0 bridgehead atoms. The summed E-state index contributed by atoms with van der Waals surface area (Å²) in [5, 5.41) is 4.57. The Bertz CT molecular complexity index is 77.3. The Morgan fingerprint density at radius 3 is 1.14 bits per heavy atom. The van der Waals surface area contributed by atoms with Gasteiger partial charge in [-0.2, -0.15) is 9.90 Å². The molecule has 0 aromatic rings. The van der Waals surface area contributed by atoms with Gasteiger partial charge in [0, 0.05) is 0 Å². The van der Waals surface area contributed by atoms with E-state index in [-0.39, 0.29) is 9.90 Å². The fourth-order valence-electron chi connectivity index (χ4n) is 1.05. The summed E-state index contributed by atoms with van der Waals surface area (Å²) in [6.07, 6.45) is 8.52. The summed E-state index contributed by atoms with van der Waals surface area (Å²) in [5.74, 6) is 0. The van der Waals surface area contributed by atoms with Crippen LogP contribution >= 0.6 is 9.90 Å². The van der Waals surface area contributed by atoms with Gasteiger partial charge in [0.15, 0.2) is 0 Å². The normalized spacial score (nSPS) is 10.9. The van der Waals surface area contributed by atoms with E-state index in [0.717, 1.165) is 0 Å². The van der Waals surface area contributed by atoms with Gasteiger partial charge in [-0.25, -0.2) is 0 Å². The molecule has 0 fully saturated rings. The third-order valence-corrected chi connectivity index (χ3v) is 5.21. The van der Waals surface area contributed by atoms with Gasteiger partial charge in [-0.15, -0.1) is 0 Å². The van der Waals surface area contributed by atoms with E-state index in [1.807, 2.05) is 0 Å². The van der Waals surface area contributed by atoms with E-state index in [4.69, 9.17) is 0 Å². The summed E-state index contributed by atoms with van der Waals surface area (Å²) in [4.78, 5) is 0. The van der Waals surface area contributed by atoms with Crippen molar-refractivity contribution < 1.29 is 13.4 Å². The molecule has 0 nitrogen and oxygen atoms in total. The van der Waals surface area contributed by atoms with E-state index >= 15 is 0 Å². The summed E-state index contributed by atoms with van der Waals surface area (Å²) >= 11 is 0.643. The van der Waals surface area contributed by atoms with Gasteiger partial charge in [-0.3, -0.25) is 0 Å². The van der Waals surface area contributed by atoms with Crippen molar-refractivity contribution in [3.8, 4) is 0 Å². The van der Waals surface area contributed by atoms with Crippen LogP contribution in [0.15, 0.2) is 0 Å². The molecule has 2 heteroatoms. The summed E-state index contributed by atoms with van der Waals surface area (Å²) in [6, 6.07) is 0. The minimum absolute atomic E-state index is 0. The first-order valence-electron chi connectivity index (χ1n) is 5.79. The van der Waals surface area contributed by atoms with Crippen molar-refractivity contribution >= 4 is 9.90 Å². The molecule has 0 N–H and O–H groups in total. The molecule has 0 amide bonds. The van der Waals surface area contributed by atoms with Crippen molar-refractivity contribution in [1.29, 1.82) is 0 Å². The molecule has 0 aromatic carbocycles. The molecular formula is C12H30NiP. The van der Waals surface area contributed by atoms with E-state index in [9.17, 15) is 0 Å². The molecule has 1 atom stereocenters. The standard InChI is InChI=1S/3C4H9.Ni.H3P/c3*1-3-4-2;;/h3*1,3-4H2,2H3;;1H3. The largest absolute Gasteiger partial charge is 0.153 e. The monoisotopic (exact) mass is 263 g/mol. The van der Waals surface area contributed by atoms with Crippen LogP contribution in [0.1, 0.15) is 59.3 Å². The van der Waals surface area contributed by atoms with Gasteiger partial charge in [0.1, 0.15) is 0 Å². The third kappa shape index (κ3) is 11.0. The van der Waals surface area contributed by atoms with Crippen LogP contribution in [-0.4, -0.2) is 0 Å². The van der Waals surface area contributed by atoms with E-state index in [1.165, 1.54) is 54.7 Å². The zero-order valence-electron chi connectivity index (χ0n) is 10.4. The maximum Gasteiger partial charge on any atom is -0.153 e. The summed E-state index contributed by atoms with van der Waals surface area (Å²) < 4.78 is 0. The summed E-state index contributed by atoms with van der Waals surface area (Å²) in [6.45, 7) is 6.93. The Balaban J connectivity index is 0. The number of rotatable bonds is 9. The maximum atomic E-state index is 2.31. The first kappa shape index (κ1) is 17.3. The average molecular weight is 264 g/mol. The van der Waals surface area contributed by atoms with E-state index < -0.39 is 0 Å². The molecule has 14 heavy (non-hydrogen) atoms. The van der Waals surface area contributed by atoms with Crippen LogP contribution in [0.4, 0.5) is 0 Å². The second-order valence-electron chi connectivity index (χ2n) is 3.51. The van der Waals surface area contributed by atoms with Crippen LogP contribution in [-0.2, 0) is 13.4 Å². The average Bonchev–Trinajstić information content (AvgIpc) is 2.17. The zero-order valence-corrected chi connectivity index (χ0v) is 12.8. The molecule has 0 heterocycles. The first-order chi connectivity index (χ1) is 6.35. The van der Waals surface area contributed by atoms with Crippen LogP contribution in [0, 0.1) is 0 Å². The number of unbranched alkanes of at least 4 members (excludes halogenated alkanes) is 3. The Labute approximate surface area is 98.9 Å². The van der Waals surface area contributed by atoms with Crippen molar-refractivity contribution in [2.24, 2.45) is 0 Å². The molecule has 0 spiro atoms. The fraction of sp³-hybridized carbons (Fsp3) is 1.00. The van der Waals surface area contributed by atoms with Crippen molar-refractivity contribution in [1.82, 2.24) is 0 Å². The minimum atomic E-state index is 0. The molecule has 0 aromatic heterocycles. The Hall–Kier alpha value is 0.924. The van der Waals surface area contributed by atoms with Crippen molar-refractivity contribution in [2.45, 2.75) is 75.5 Å². The molecule has 1 unspecified atom stereocenters. The second-order valence-corrected chi connectivity index (χ2v) is 6.47. The quantitative estimate of drug-likeness (QED) is 0.390. The first-order valence-corrected chi connectivity index (χ1v) is 7.89. The molecule has 0 aliphatic heterocycles. The van der Waals surface area contributed by atoms with E-state index in [2.05, 4.69) is 20.8 Å². The molecule has 0 aliphatic rings. The molecule has 0 radical (unpaired) electrons. The van der Waals surface area contributed by atoms with E-state index in [1.54, 1.807) is 0 Å². The molecule has 93 valence electrons. The zero-order chi connectivity index (χ0) is 9.94. The van der Waals surface area contributed by atoms with Gasteiger partial charge in [0.05, 0.1) is 0 Å². The Morgan fingerprint density at radius 1 is 0.643 bits per heavy atom. The molecule has 0 rings (SSSR count). The van der Waals surface area contributed by atoms with Crippen LogP contribution in [0.25, 0.3) is 0 Å². The Kier molecular flexibility index (Phi) is 17.2. The van der Waals surface area contributed by atoms with Gasteiger partial charge in [0.25, 0.3) is 0 Å². The summed E-state index contributed by atoms with van der Waals surface area (Å²) in [5.41, 5.74) is 0. The van der Waals surface area contributed by atoms with Gasteiger partial charge in [-0.05, 0) is 0 Å². The fourth-order valence-corrected chi connectivity index (χ4v) is 4.32. The van der Waals surface area contributed by atoms with Crippen LogP contribution in [0.5, 0.6) is 0 Å². The van der Waals surface area contributed by atoms with Gasteiger partial charge in [-0.1, -0.05) is 0 Å². The number of hydrogen-bond donors (Lipinski definition) is 0. The minimum Gasteiger partial charge on any atom is -0.153 e. The van der Waals surface area contributed by atoms with Crippen molar-refractivity contribution in [3.05, 3.63) is 0 Å². The molecule has 0 aliphatic carbocycles. The van der Waals surface area contributed by atoms with Crippen molar-refractivity contribution in [2.75, 3.05) is 0 Å². The van der Waals surface area contributed by atoms with Crippen molar-refractivity contribution in [3.63, 3.8) is 0 Å². The smallest absolute Gasteiger partial charge is 0.153 e. The SMILES string of the molecule is CCC[CH2][Ni]([CH2]CCC)[CH2]CCC.P. The topological polar surface area (TPSA) is 0 Å². The predicted octanol–water partition coefficient (Wildman–Crippen LogP) is 5.32. The molecule has 0 saturated heterocycles. The van der Waals surface area contributed by atoms with Gasteiger partial charge in [0.2, 0.25) is 0 Å². The third-order valence-electron chi connectivity index (χ3n) is 2.07. The second kappa shape index (κ2) is 13.9. The molecular weight excluding hydrogens is 234 g/mol. The number of hydrogen-bond acceptors (Lipinski definition) is 0. The van der Waals surface area contributed by atoms with Crippen LogP contribution in [0.2, 0.25) is 16.2 Å². The predicted molar refractivity (Wildman–Crippen MR) is 70.3 cm³/mol. The van der Waals surface area contributed by atoms with Gasteiger partial charge >= 0.3 is 88.9 Å². The van der Waals surface area contributed by atoms with Crippen LogP contribution in [0.3, 0.4) is 0 Å². The van der Waals surface area contributed by atoms with Crippen LogP contribution < -0.4 is 0 Å². The molecule has 0 saturated carbocycles. The van der Waals surface area contributed by atoms with E-state index in [0.29, 0.717) is 13.4 Å². The Morgan fingerprint density at radius 2 is 0.929 bits per heavy atom. The maximum absolute atomic E-state index is 2.31. The summed E-state index contributed by atoms with van der Waals surface area (Å²) in [7, 11) is 0.